The lowest BCUT2D eigenvalue weighted by Gasteiger charge is -2.30. The lowest BCUT2D eigenvalue weighted by molar-refractivity contribution is 0.949. The third-order valence-corrected chi connectivity index (χ3v) is 12.2. The summed E-state index contributed by atoms with van der Waals surface area (Å²) in [6, 6.07) is 70.1. The van der Waals surface area contributed by atoms with Crippen molar-refractivity contribution >= 4 is 55.9 Å². The molecule has 0 N–H and O–H groups in total. The van der Waals surface area contributed by atoms with E-state index in [4.69, 9.17) is 9.10 Å². The van der Waals surface area contributed by atoms with Crippen molar-refractivity contribution in [3.8, 4) is 39.2 Å². The second-order valence-corrected chi connectivity index (χ2v) is 16.0. The number of pyridine rings is 1. The van der Waals surface area contributed by atoms with Gasteiger partial charge in [0, 0.05) is 45.1 Å². The van der Waals surface area contributed by atoms with Crippen molar-refractivity contribution in [1.82, 2.24) is 9.55 Å². The molecule has 0 unspecified atom stereocenters. The van der Waals surface area contributed by atoms with Crippen LogP contribution in [-0.2, 0) is 0 Å². The van der Waals surface area contributed by atoms with Crippen LogP contribution >= 0.6 is 0 Å². The number of aromatic nitrogens is 2. The van der Waals surface area contributed by atoms with Crippen molar-refractivity contribution in [1.29, 1.82) is 0 Å². The average Bonchev–Trinajstić information content (AvgIpc) is 3.90. The number of hydrogen-bond donors (Lipinski definition) is 0. The molecule has 0 atom stereocenters. The van der Waals surface area contributed by atoms with Crippen LogP contribution in [0.5, 0.6) is 0 Å². The van der Waals surface area contributed by atoms with Crippen molar-refractivity contribution in [2.24, 2.45) is 0 Å². The van der Waals surface area contributed by atoms with E-state index in [1.54, 1.807) is 0 Å². The van der Waals surface area contributed by atoms with E-state index in [1.165, 1.54) is 4.90 Å². The molecule has 298 valence electrons. The highest BCUT2D eigenvalue weighted by Crippen LogP contribution is 2.46. The van der Waals surface area contributed by atoms with Gasteiger partial charge in [0.25, 0.3) is 0 Å². The fourth-order valence-corrected chi connectivity index (χ4v) is 9.42. The van der Waals surface area contributed by atoms with Gasteiger partial charge in [0.15, 0.2) is 0 Å². The average molecular weight is 803 g/mol. The van der Waals surface area contributed by atoms with Crippen LogP contribution in [0.1, 0.15) is 15.2 Å². The molecule has 0 saturated carbocycles. The fourth-order valence-electron chi connectivity index (χ4n) is 9.42. The van der Waals surface area contributed by atoms with Crippen molar-refractivity contribution in [2.75, 3.05) is 28.3 Å². The number of para-hydroxylation sites is 4. The maximum atomic E-state index is 8.34. The summed E-state index contributed by atoms with van der Waals surface area (Å²) in [5.74, 6) is 0.819. The summed E-state index contributed by atoms with van der Waals surface area (Å²) in [7, 11) is 0. The van der Waals surface area contributed by atoms with Gasteiger partial charge >= 0.3 is 0 Å². The molecule has 0 amide bonds. The standard InChI is InChI=1S/C57H45N5/c1-39-17-14-18-40(2)57(39)61(45-24-15-23-44(36-45)60-38-59(3)52-29-12-13-30-53(52)60)46-31-32-50-49-25-10-11-28-51(49)62(54(50)37-46)55-35-43(33-34-58-55)56-47(41-19-6-4-7-20-41)26-16-27-48(56)42-21-8-5-9-22-42/h4-37H,38H2,1-3H3/i3D3. The minimum atomic E-state index is -2.29. The maximum absolute atomic E-state index is 8.34. The first kappa shape index (κ1) is 33.9. The molecule has 5 nitrogen and oxygen atoms in total. The highest BCUT2D eigenvalue weighted by Gasteiger charge is 2.26. The Labute approximate surface area is 367 Å². The zero-order chi connectivity index (χ0) is 44.2. The molecule has 1 aliphatic heterocycles. The van der Waals surface area contributed by atoms with Crippen LogP contribution < -0.4 is 14.7 Å². The minimum absolute atomic E-state index is 0.212. The van der Waals surface area contributed by atoms with Crippen LogP contribution in [0.25, 0.3) is 61.0 Å². The number of anilines is 6. The van der Waals surface area contributed by atoms with Crippen LogP contribution in [0, 0.1) is 13.8 Å². The number of hydrogen-bond acceptors (Lipinski definition) is 4. The summed E-state index contributed by atoms with van der Waals surface area (Å²) in [6.45, 7) is 2.24. The zero-order valence-corrected chi connectivity index (χ0v) is 34.6. The predicted molar refractivity (Wildman–Crippen MR) is 261 cm³/mol. The normalized spacial score (nSPS) is 13.2. The monoisotopic (exact) mass is 802 g/mol. The molecular weight excluding hydrogens is 755 g/mol. The van der Waals surface area contributed by atoms with Gasteiger partial charge in [-0.2, -0.15) is 0 Å². The third kappa shape index (κ3) is 6.29. The number of fused-ring (bicyclic) bond motifs is 4. The van der Waals surface area contributed by atoms with Crippen molar-refractivity contribution in [2.45, 2.75) is 13.8 Å². The third-order valence-electron chi connectivity index (χ3n) is 12.2. The first-order valence-electron chi connectivity index (χ1n) is 22.6. The van der Waals surface area contributed by atoms with Crippen LogP contribution in [0.2, 0.25) is 0 Å². The number of aryl methyl sites for hydroxylation is 2. The lowest BCUT2D eigenvalue weighted by atomic mass is 9.88. The van der Waals surface area contributed by atoms with Crippen LogP contribution in [0.4, 0.5) is 34.1 Å². The zero-order valence-electron chi connectivity index (χ0n) is 37.6. The Morgan fingerprint density at radius 1 is 0.516 bits per heavy atom. The van der Waals surface area contributed by atoms with Gasteiger partial charge in [-0.1, -0.05) is 140 Å². The number of nitrogens with zero attached hydrogens (tertiary/aromatic N) is 5. The molecule has 1 aliphatic rings. The summed E-state index contributed by atoms with van der Waals surface area (Å²) in [5.41, 5.74) is 16.7. The Kier molecular flexibility index (Phi) is 8.36. The van der Waals surface area contributed by atoms with E-state index in [0.717, 1.165) is 101 Å². The first-order chi connectivity index (χ1) is 31.7. The number of rotatable bonds is 8. The van der Waals surface area contributed by atoms with E-state index in [-0.39, 0.29) is 6.67 Å². The van der Waals surface area contributed by atoms with Crippen molar-refractivity contribution < 1.29 is 4.11 Å². The molecule has 8 aromatic carbocycles. The topological polar surface area (TPSA) is 27.5 Å². The number of benzene rings is 8. The Morgan fingerprint density at radius 2 is 1.15 bits per heavy atom. The van der Waals surface area contributed by atoms with E-state index in [1.807, 2.05) is 30.5 Å². The van der Waals surface area contributed by atoms with Gasteiger partial charge in [-0.25, -0.2) is 4.98 Å². The van der Waals surface area contributed by atoms with E-state index in [2.05, 4.69) is 204 Å². The lowest BCUT2D eigenvalue weighted by Crippen LogP contribution is -2.24. The first-order valence-corrected chi connectivity index (χ1v) is 21.1. The smallest absolute Gasteiger partial charge is 0.138 e. The summed E-state index contributed by atoms with van der Waals surface area (Å²) in [5, 5.41) is 2.27. The molecule has 0 bridgehead atoms. The Bertz CT molecular complexity index is 3320. The molecule has 11 rings (SSSR count). The molecule has 5 heteroatoms. The summed E-state index contributed by atoms with van der Waals surface area (Å²) >= 11 is 0. The van der Waals surface area contributed by atoms with E-state index in [0.29, 0.717) is 5.69 Å². The molecule has 0 fully saturated rings. The molecule has 2 aromatic heterocycles. The van der Waals surface area contributed by atoms with Gasteiger partial charge in [-0.15, -0.1) is 0 Å². The Hall–Kier alpha value is -7.89. The van der Waals surface area contributed by atoms with E-state index < -0.39 is 6.98 Å². The van der Waals surface area contributed by atoms with Gasteiger partial charge in [-0.3, -0.25) is 4.57 Å². The van der Waals surface area contributed by atoms with Gasteiger partial charge in [0.2, 0.25) is 0 Å². The highest BCUT2D eigenvalue weighted by molar-refractivity contribution is 6.10. The molecule has 10 aromatic rings. The highest BCUT2D eigenvalue weighted by atomic mass is 15.4. The van der Waals surface area contributed by atoms with Crippen LogP contribution in [0.15, 0.2) is 206 Å². The Balaban J connectivity index is 1.10. The van der Waals surface area contributed by atoms with Crippen molar-refractivity contribution in [3.63, 3.8) is 0 Å². The molecule has 0 saturated heterocycles. The van der Waals surface area contributed by atoms with E-state index >= 15 is 0 Å². The van der Waals surface area contributed by atoms with Gasteiger partial charge in [0.05, 0.1) is 34.8 Å². The van der Waals surface area contributed by atoms with E-state index in [9.17, 15) is 0 Å². The Morgan fingerprint density at radius 3 is 1.89 bits per heavy atom. The molecule has 0 radical (unpaired) electrons. The molecule has 62 heavy (non-hydrogen) atoms. The second kappa shape index (κ2) is 15.3. The molecule has 0 aliphatic carbocycles. The fraction of sp³-hybridized carbons (Fsp3) is 0.0702. The van der Waals surface area contributed by atoms with Crippen LogP contribution in [0.3, 0.4) is 0 Å². The molecule has 3 heterocycles. The quantitative estimate of drug-likeness (QED) is 0.153. The largest absolute Gasteiger partial charge is 0.355 e. The molecular formula is C57H45N5. The van der Waals surface area contributed by atoms with Crippen LogP contribution in [-0.4, -0.2) is 23.2 Å². The second-order valence-electron chi connectivity index (χ2n) is 16.0. The SMILES string of the molecule is [2H]C([2H])([2H])N1CN(c2cccc(N(c3ccc4c5ccccc5n(-c5cc(-c6c(-c7ccccc7)cccc6-c6ccccc6)ccn5)c4c3)c3c(C)cccc3C)c2)c2ccccc21. The van der Waals surface area contributed by atoms with Gasteiger partial charge in [0.1, 0.15) is 5.82 Å². The van der Waals surface area contributed by atoms with Gasteiger partial charge < -0.3 is 14.7 Å². The molecule has 0 spiro atoms. The summed E-state index contributed by atoms with van der Waals surface area (Å²) in [4.78, 5) is 11.1. The summed E-state index contributed by atoms with van der Waals surface area (Å²) < 4.78 is 27.3. The van der Waals surface area contributed by atoms with Gasteiger partial charge in [-0.05, 0) is 119 Å². The maximum Gasteiger partial charge on any atom is 0.138 e. The summed E-state index contributed by atoms with van der Waals surface area (Å²) in [6.07, 6.45) is 1.93. The predicted octanol–water partition coefficient (Wildman–Crippen LogP) is 14.8. The van der Waals surface area contributed by atoms with Crippen molar-refractivity contribution in [3.05, 3.63) is 218 Å². The minimum Gasteiger partial charge on any atom is -0.355 e.